The molecule has 0 radical (unpaired) electrons. The van der Waals surface area contributed by atoms with Crippen LogP contribution in [0.25, 0.3) is 0 Å². The summed E-state index contributed by atoms with van der Waals surface area (Å²) in [5.74, 6) is -4.87. The van der Waals surface area contributed by atoms with E-state index in [0.717, 1.165) is 0 Å². The van der Waals surface area contributed by atoms with Crippen LogP contribution in [0.1, 0.15) is 82.5 Å². The lowest BCUT2D eigenvalue weighted by atomic mass is 9.96. The second-order valence-electron chi connectivity index (χ2n) is 11.6. The Balaban J connectivity index is 1.17. The predicted octanol–water partition coefficient (Wildman–Crippen LogP) is 6.01. The largest absolute Gasteiger partial charge is 0.459 e. The minimum Gasteiger partial charge on any atom is -0.459 e. The van der Waals surface area contributed by atoms with Crippen molar-refractivity contribution in [3.63, 3.8) is 0 Å². The number of carbonyl (C=O) groups excluding carboxylic acids is 6. The Morgan fingerprint density at radius 1 is 0.440 bits per heavy atom. The average molecular weight is 679 g/mol. The molecular weight excluding hydrogens is 640 g/mol. The predicted molar refractivity (Wildman–Crippen MR) is 182 cm³/mol. The highest BCUT2D eigenvalue weighted by atomic mass is 16.6. The summed E-state index contributed by atoms with van der Waals surface area (Å²) < 4.78 is 20.7. The van der Waals surface area contributed by atoms with Crippen molar-refractivity contribution in [2.24, 2.45) is 0 Å². The first-order chi connectivity index (χ1) is 24.0. The van der Waals surface area contributed by atoms with Crippen LogP contribution in [0.5, 0.6) is 0 Å². The van der Waals surface area contributed by atoms with E-state index in [4.69, 9.17) is 18.9 Å². The van der Waals surface area contributed by atoms with Gasteiger partial charge in [-0.15, -0.1) is 0 Å². The highest BCUT2D eigenvalue weighted by molar-refractivity contribution is 6.09. The highest BCUT2D eigenvalue weighted by Crippen LogP contribution is 2.22. The normalized spacial score (nSPS) is 13.1. The van der Waals surface area contributed by atoms with Crippen LogP contribution in [0.15, 0.2) is 109 Å². The second kappa shape index (κ2) is 17.5. The lowest BCUT2D eigenvalue weighted by Gasteiger charge is -2.18. The van der Waals surface area contributed by atoms with Gasteiger partial charge in [0.25, 0.3) is 0 Å². The van der Waals surface area contributed by atoms with E-state index >= 15 is 0 Å². The fourth-order valence-electron chi connectivity index (χ4n) is 4.83. The minimum absolute atomic E-state index is 0.143. The first-order valence-electron chi connectivity index (χ1n) is 16.1. The zero-order valence-corrected chi connectivity index (χ0v) is 28.2. The van der Waals surface area contributed by atoms with E-state index in [1.54, 1.807) is 111 Å². The smallest absolute Gasteiger partial charge is 0.347 e. The monoisotopic (exact) mass is 678 g/mol. The Morgan fingerprint density at radius 2 is 0.840 bits per heavy atom. The Kier molecular flexibility index (Phi) is 12.9. The average Bonchev–Trinajstić information content (AvgIpc) is 3.15. The zero-order valence-electron chi connectivity index (χ0n) is 28.2. The number of ether oxygens (including phenoxy) is 4. The van der Waals surface area contributed by atoms with Crippen LogP contribution in [0.2, 0.25) is 0 Å². The van der Waals surface area contributed by atoms with Crippen molar-refractivity contribution >= 4 is 35.4 Å². The lowest BCUT2D eigenvalue weighted by Crippen LogP contribution is -2.31. The maximum atomic E-state index is 12.8. The second-order valence-corrected chi connectivity index (χ2v) is 11.6. The van der Waals surface area contributed by atoms with E-state index in [1.165, 1.54) is 13.8 Å². The zero-order chi connectivity index (χ0) is 36.2. The molecular formula is C40H38O10. The maximum absolute atomic E-state index is 12.8. The maximum Gasteiger partial charge on any atom is 0.347 e. The molecule has 0 amide bonds. The fourth-order valence-corrected chi connectivity index (χ4v) is 4.83. The molecule has 50 heavy (non-hydrogen) atoms. The summed E-state index contributed by atoms with van der Waals surface area (Å²) in [5, 5.41) is 0. The summed E-state index contributed by atoms with van der Waals surface area (Å²) in [6, 6.07) is 30.8. The van der Waals surface area contributed by atoms with Crippen LogP contribution in [-0.4, -0.2) is 60.9 Å². The van der Waals surface area contributed by atoms with Crippen LogP contribution >= 0.6 is 0 Å². The molecule has 0 unspecified atom stereocenters. The summed E-state index contributed by atoms with van der Waals surface area (Å²) in [7, 11) is 0. The van der Waals surface area contributed by atoms with Crippen molar-refractivity contribution in [1.82, 2.24) is 0 Å². The van der Waals surface area contributed by atoms with E-state index in [-0.39, 0.29) is 24.8 Å². The Hall–Kier alpha value is -5.90. The molecule has 0 aromatic heterocycles. The third-order valence-corrected chi connectivity index (χ3v) is 7.92. The molecule has 258 valence electrons. The van der Waals surface area contributed by atoms with E-state index in [0.29, 0.717) is 33.4 Å². The van der Waals surface area contributed by atoms with Crippen molar-refractivity contribution in [3.05, 3.63) is 143 Å². The van der Waals surface area contributed by atoms with Gasteiger partial charge in [-0.05, 0) is 44.9 Å². The van der Waals surface area contributed by atoms with Crippen molar-refractivity contribution in [2.75, 3.05) is 13.2 Å². The fraction of sp³-hybridized carbons (Fsp3) is 0.250. The van der Waals surface area contributed by atoms with E-state index < -0.39 is 47.9 Å². The van der Waals surface area contributed by atoms with Crippen molar-refractivity contribution < 1.29 is 47.7 Å². The first kappa shape index (κ1) is 36.9. The molecule has 10 nitrogen and oxygen atoms in total. The molecule has 4 rings (SSSR count). The summed E-state index contributed by atoms with van der Waals surface area (Å²) in [6.07, 6.45) is -2.48. The molecule has 10 heteroatoms. The first-order valence-corrected chi connectivity index (χ1v) is 16.1. The summed E-state index contributed by atoms with van der Waals surface area (Å²) in [6.45, 7) is 5.29. The molecule has 4 aromatic carbocycles. The third-order valence-electron chi connectivity index (χ3n) is 7.92. The molecule has 0 aliphatic rings. The number of carbonyl (C=O) groups is 6. The quantitative estimate of drug-likeness (QED) is 0.0636. The third kappa shape index (κ3) is 9.82. The molecule has 0 spiro atoms. The van der Waals surface area contributed by atoms with Gasteiger partial charge in [0.2, 0.25) is 0 Å². The molecule has 4 aromatic rings. The molecule has 0 N–H and O–H groups in total. The van der Waals surface area contributed by atoms with Crippen LogP contribution < -0.4 is 0 Å². The van der Waals surface area contributed by atoms with Crippen molar-refractivity contribution in [1.29, 1.82) is 0 Å². The molecule has 0 saturated heterocycles. The number of hydrogen-bond donors (Lipinski definition) is 0. The molecule has 4 atom stereocenters. The molecule has 0 saturated carbocycles. The van der Waals surface area contributed by atoms with Crippen LogP contribution in [0.3, 0.4) is 0 Å². The van der Waals surface area contributed by atoms with Gasteiger partial charge in [-0.2, -0.15) is 0 Å². The number of esters is 4. The van der Waals surface area contributed by atoms with Crippen molar-refractivity contribution in [3.8, 4) is 0 Å². The molecule has 0 aliphatic heterocycles. The van der Waals surface area contributed by atoms with Crippen molar-refractivity contribution in [2.45, 2.75) is 51.7 Å². The van der Waals surface area contributed by atoms with Gasteiger partial charge >= 0.3 is 23.9 Å². The molecule has 0 bridgehead atoms. The standard InChI is InChI=1S/C40H38O10/c1-25(29-18-20-32(21-19-29)35(41)30-12-7-5-8-13-30)37(43)49-27(3)39(45)47-22-23-48-40(46)28(4)50-38(44)26(2)33-16-11-17-34(24-33)36(42)31-14-9-6-10-15-31/h5-21,24-28H,22-23H2,1-4H3/t25-,26-,27+,28+/m1/s1. The Morgan fingerprint density at radius 3 is 1.32 bits per heavy atom. The number of hydrogen-bond acceptors (Lipinski definition) is 10. The number of rotatable bonds is 15. The SMILES string of the molecule is C[C@H](OC(=O)[C@H](C)c1ccc(C(=O)c2ccccc2)cc1)C(=O)OCCOC(=O)[C@H](C)OC(=O)[C@H](C)c1cccc(C(=O)c2ccccc2)c1. The molecule has 0 heterocycles. The van der Waals surface area contributed by atoms with Crippen LogP contribution in [0.4, 0.5) is 0 Å². The van der Waals surface area contributed by atoms with E-state index in [2.05, 4.69) is 0 Å². The lowest BCUT2D eigenvalue weighted by molar-refractivity contribution is -0.172. The number of benzene rings is 4. The van der Waals surface area contributed by atoms with Gasteiger partial charge < -0.3 is 18.9 Å². The summed E-state index contributed by atoms with van der Waals surface area (Å²) in [5.41, 5.74) is 3.10. The van der Waals surface area contributed by atoms with Gasteiger partial charge in [-0.25, -0.2) is 9.59 Å². The van der Waals surface area contributed by atoms with Gasteiger partial charge in [0.15, 0.2) is 23.8 Å². The van der Waals surface area contributed by atoms with E-state index in [9.17, 15) is 28.8 Å². The van der Waals surface area contributed by atoms with E-state index in [1.807, 2.05) is 12.1 Å². The summed E-state index contributed by atoms with van der Waals surface area (Å²) in [4.78, 5) is 75.8. The van der Waals surface area contributed by atoms with Gasteiger partial charge in [-0.3, -0.25) is 19.2 Å². The van der Waals surface area contributed by atoms with Crippen LogP contribution in [0, 0.1) is 0 Å². The summed E-state index contributed by atoms with van der Waals surface area (Å²) >= 11 is 0. The van der Waals surface area contributed by atoms with Gasteiger partial charge in [0, 0.05) is 22.3 Å². The van der Waals surface area contributed by atoms with Gasteiger partial charge in [-0.1, -0.05) is 103 Å². The van der Waals surface area contributed by atoms with Crippen LogP contribution in [-0.2, 0) is 38.1 Å². The Bertz CT molecular complexity index is 1820. The minimum atomic E-state index is -1.25. The Labute approximate surface area is 290 Å². The number of ketones is 2. The van der Waals surface area contributed by atoms with Gasteiger partial charge in [0.1, 0.15) is 13.2 Å². The molecule has 0 fully saturated rings. The van der Waals surface area contributed by atoms with Gasteiger partial charge in [0.05, 0.1) is 11.8 Å². The highest BCUT2D eigenvalue weighted by Gasteiger charge is 2.26. The molecule has 0 aliphatic carbocycles. The topological polar surface area (TPSA) is 139 Å².